The number of aromatic nitrogens is 1. The molecule has 1 aliphatic heterocycles. The van der Waals surface area contributed by atoms with Crippen molar-refractivity contribution in [3.05, 3.63) is 18.5 Å². The number of carbonyl (C=O) groups excluding carboxylic acids is 1. The molecule has 0 spiro atoms. The normalized spacial score (nSPS) is 18.9. The van der Waals surface area contributed by atoms with E-state index in [1.54, 1.807) is 12.4 Å². The van der Waals surface area contributed by atoms with Crippen LogP contribution < -0.4 is 15.5 Å². The fourth-order valence-electron chi connectivity index (χ4n) is 2.05. The van der Waals surface area contributed by atoms with Gasteiger partial charge in [-0.25, -0.2) is 0 Å². The Labute approximate surface area is 118 Å². The van der Waals surface area contributed by atoms with Crippen molar-refractivity contribution >= 4 is 29.0 Å². The summed E-state index contributed by atoms with van der Waals surface area (Å²) in [4.78, 5) is 18.1. The SMILES string of the molecule is CN(C)c1ccncc1NC(=O)CC1CSCCN1. The average molecular weight is 280 g/mol. The number of pyridine rings is 1. The summed E-state index contributed by atoms with van der Waals surface area (Å²) in [5.74, 6) is 2.17. The van der Waals surface area contributed by atoms with Gasteiger partial charge in [0.05, 0.1) is 17.6 Å². The molecule has 1 amide bonds. The summed E-state index contributed by atoms with van der Waals surface area (Å²) in [7, 11) is 3.90. The predicted molar refractivity (Wildman–Crippen MR) is 80.9 cm³/mol. The lowest BCUT2D eigenvalue weighted by molar-refractivity contribution is -0.116. The molecule has 2 rings (SSSR count). The van der Waals surface area contributed by atoms with Crippen molar-refractivity contribution in [2.45, 2.75) is 12.5 Å². The van der Waals surface area contributed by atoms with E-state index in [-0.39, 0.29) is 11.9 Å². The molecule has 1 atom stereocenters. The fraction of sp³-hybridized carbons (Fsp3) is 0.538. The van der Waals surface area contributed by atoms with Gasteiger partial charge >= 0.3 is 0 Å². The van der Waals surface area contributed by atoms with Gasteiger partial charge < -0.3 is 15.5 Å². The van der Waals surface area contributed by atoms with Crippen molar-refractivity contribution in [3.8, 4) is 0 Å². The van der Waals surface area contributed by atoms with Gasteiger partial charge in [0.15, 0.2) is 0 Å². The van der Waals surface area contributed by atoms with Gasteiger partial charge in [-0.15, -0.1) is 0 Å². The van der Waals surface area contributed by atoms with Crippen LogP contribution >= 0.6 is 11.8 Å². The minimum atomic E-state index is 0.0381. The first-order chi connectivity index (χ1) is 9.16. The van der Waals surface area contributed by atoms with Crippen molar-refractivity contribution in [2.75, 3.05) is 42.4 Å². The zero-order valence-electron chi connectivity index (χ0n) is 11.3. The van der Waals surface area contributed by atoms with Crippen LogP contribution in [0.3, 0.4) is 0 Å². The summed E-state index contributed by atoms with van der Waals surface area (Å²) in [6.07, 6.45) is 3.93. The number of carbonyl (C=O) groups is 1. The molecule has 5 nitrogen and oxygen atoms in total. The van der Waals surface area contributed by atoms with Crippen molar-refractivity contribution < 1.29 is 4.79 Å². The fourth-order valence-corrected chi connectivity index (χ4v) is 3.00. The van der Waals surface area contributed by atoms with Crippen molar-refractivity contribution in [3.63, 3.8) is 0 Å². The third-order valence-corrected chi connectivity index (χ3v) is 4.12. The number of nitrogens with one attached hydrogen (secondary N) is 2. The molecular weight excluding hydrogens is 260 g/mol. The van der Waals surface area contributed by atoms with E-state index in [1.807, 2.05) is 36.8 Å². The number of thioether (sulfide) groups is 1. The average Bonchev–Trinajstić information content (AvgIpc) is 2.40. The van der Waals surface area contributed by atoms with E-state index in [1.165, 1.54) is 0 Å². The first-order valence-electron chi connectivity index (χ1n) is 6.39. The van der Waals surface area contributed by atoms with E-state index in [4.69, 9.17) is 0 Å². The second-order valence-electron chi connectivity index (χ2n) is 4.77. The van der Waals surface area contributed by atoms with Gasteiger partial charge in [0.25, 0.3) is 0 Å². The van der Waals surface area contributed by atoms with Crippen LogP contribution in [0.5, 0.6) is 0 Å². The highest BCUT2D eigenvalue weighted by molar-refractivity contribution is 7.99. The highest BCUT2D eigenvalue weighted by Crippen LogP contribution is 2.22. The number of hydrogen-bond donors (Lipinski definition) is 2. The molecule has 2 N–H and O–H groups in total. The minimum Gasteiger partial charge on any atom is -0.376 e. The second kappa shape index (κ2) is 6.77. The summed E-state index contributed by atoms with van der Waals surface area (Å²) in [6.45, 7) is 0.985. The van der Waals surface area contributed by atoms with E-state index in [2.05, 4.69) is 15.6 Å². The van der Waals surface area contributed by atoms with Crippen molar-refractivity contribution in [1.82, 2.24) is 10.3 Å². The molecular formula is C13H20N4OS. The first-order valence-corrected chi connectivity index (χ1v) is 7.54. The molecule has 1 fully saturated rings. The largest absolute Gasteiger partial charge is 0.376 e. The Kier molecular flexibility index (Phi) is 5.04. The molecule has 0 aromatic carbocycles. The Morgan fingerprint density at radius 3 is 3.16 bits per heavy atom. The van der Waals surface area contributed by atoms with Gasteiger partial charge in [-0.3, -0.25) is 9.78 Å². The van der Waals surface area contributed by atoms with Crippen LogP contribution in [-0.4, -0.2) is 49.1 Å². The lowest BCUT2D eigenvalue weighted by Gasteiger charge is -2.23. The van der Waals surface area contributed by atoms with Crippen LogP contribution in [0, 0.1) is 0 Å². The Morgan fingerprint density at radius 1 is 1.63 bits per heavy atom. The van der Waals surface area contributed by atoms with Crippen molar-refractivity contribution in [2.24, 2.45) is 0 Å². The molecule has 104 valence electrons. The Morgan fingerprint density at radius 2 is 2.47 bits per heavy atom. The molecule has 0 saturated carbocycles. The standard InChI is InChI=1S/C13H20N4OS/c1-17(2)12-3-4-14-8-11(12)16-13(18)7-10-9-19-6-5-15-10/h3-4,8,10,15H,5-7,9H2,1-2H3,(H,16,18). The number of anilines is 2. The molecule has 6 heteroatoms. The first kappa shape index (κ1) is 14.1. The highest BCUT2D eigenvalue weighted by atomic mass is 32.2. The number of rotatable bonds is 4. The smallest absolute Gasteiger partial charge is 0.226 e. The molecule has 0 radical (unpaired) electrons. The summed E-state index contributed by atoms with van der Waals surface area (Å²) >= 11 is 1.90. The van der Waals surface area contributed by atoms with Gasteiger partial charge in [-0.05, 0) is 6.07 Å². The summed E-state index contributed by atoms with van der Waals surface area (Å²) in [5.41, 5.74) is 1.73. The van der Waals surface area contributed by atoms with Gasteiger partial charge in [-0.1, -0.05) is 0 Å². The van der Waals surface area contributed by atoms with Gasteiger partial charge in [0.2, 0.25) is 5.91 Å². The minimum absolute atomic E-state index is 0.0381. The zero-order valence-corrected chi connectivity index (χ0v) is 12.2. The summed E-state index contributed by atoms with van der Waals surface area (Å²) in [6, 6.07) is 2.17. The molecule has 2 heterocycles. The Bertz CT molecular complexity index is 432. The van der Waals surface area contributed by atoms with Crippen LogP contribution in [0.2, 0.25) is 0 Å². The summed E-state index contributed by atoms with van der Waals surface area (Å²) < 4.78 is 0. The maximum atomic E-state index is 12.0. The van der Waals surface area contributed by atoms with Gasteiger partial charge in [0.1, 0.15) is 0 Å². The van der Waals surface area contributed by atoms with E-state index in [0.717, 1.165) is 29.4 Å². The molecule has 0 bridgehead atoms. The van der Waals surface area contributed by atoms with E-state index in [0.29, 0.717) is 6.42 Å². The monoisotopic (exact) mass is 280 g/mol. The Hall–Kier alpha value is -1.27. The number of nitrogens with zero attached hydrogens (tertiary/aromatic N) is 2. The van der Waals surface area contributed by atoms with Crippen LogP contribution in [0.4, 0.5) is 11.4 Å². The van der Waals surface area contributed by atoms with Crippen molar-refractivity contribution in [1.29, 1.82) is 0 Å². The third kappa shape index (κ3) is 4.11. The second-order valence-corrected chi connectivity index (χ2v) is 5.92. The molecule has 1 saturated heterocycles. The molecule has 19 heavy (non-hydrogen) atoms. The van der Waals surface area contributed by atoms with Crippen LogP contribution in [0.1, 0.15) is 6.42 Å². The van der Waals surface area contributed by atoms with Gasteiger partial charge in [0, 0.05) is 50.8 Å². The van der Waals surface area contributed by atoms with E-state index in [9.17, 15) is 4.79 Å². The predicted octanol–water partition coefficient (Wildman–Crippen LogP) is 1.18. The molecule has 1 aliphatic rings. The summed E-state index contributed by atoms with van der Waals surface area (Å²) in [5, 5.41) is 6.31. The maximum Gasteiger partial charge on any atom is 0.226 e. The molecule has 1 aromatic heterocycles. The van der Waals surface area contributed by atoms with E-state index >= 15 is 0 Å². The lowest BCUT2D eigenvalue weighted by Crippen LogP contribution is -2.40. The molecule has 1 aromatic rings. The topological polar surface area (TPSA) is 57.3 Å². The van der Waals surface area contributed by atoms with Crippen LogP contribution in [0.25, 0.3) is 0 Å². The highest BCUT2D eigenvalue weighted by Gasteiger charge is 2.17. The van der Waals surface area contributed by atoms with Crippen LogP contribution in [0.15, 0.2) is 18.5 Å². The van der Waals surface area contributed by atoms with Crippen LogP contribution in [-0.2, 0) is 4.79 Å². The lowest BCUT2D eigenvalue weighted by atomic mass is 10.2. The molecule has 0 aliphatic carbocycles. The molecule has 1 unspecified atom stereocenters. The quantitative estimate of drug-likeness (QED) is 0.867. The Balaban J connectivity index is 1.94. The van der Waals surface area contributed by atoms with Gasteiger partial charge in [-0.2, -0.15) is 11.8 Å². The third-order valence-electron chi connectivity index (χ3n) is 2.98. The maximum absolute atomic E-state index is 12.0. The van der Waals surface area contributed by atoms with E-state index < -0.39 is 0 Å². The number of amides is 1. The number of hydrogen-bond acceptors (Lipinski definition) is 5. The zero-order chi connectivity index (χ0) is 13.7.